The van der Waals surface area contributed by atoms with Crippen LogP contribution in [0.15, 0.2) is 42.5 Å². The highest BCUT2D eigenvalue weighted by Gasteiger charge is 2.28. The number of piperazine rings is 1. The van der Waals surface area contributed by atoms with Crippen LogP contribution in [-0.2, 0) is 0 Å². The van der Waals surface area contributed by atoms with Crippen molar-refractivity contribution in [2.24, 2.45) is 0 Å². The molecule has 0 unspecified atom stereocenters. The standard InChI is InChI=1S/C25H29FN8O2.3C2H6/c1-29-24-21-20(23(28)34(24)18-9-8-15(35-2)14-19(18)36-3)22(27)30-31-25(21)33-12-10-32(11-13-33)17-7-5-4-6-16(17)26;3*1-2/h4-9,14,29H,10-13,28H2,1-3H3,(H2,27,30);3*1-2H3. The summed E-state index contributed by atoms with van der Waals surface area (Å²) in [6.07, 6.45) is 0. The second kappa shape index (κ2) is 16.1. The third-order valence-corrected chi connectivity index (χ3v) is 6.58. The molecular weight excluding hydrogens is 535 g/mol. The van der Waals surface area contributed by atoms with Crippen LogP contribution in [0.3, 0.4) is 0 Å². The van der Waals surface area contributed by atoms with Crippen LogP contribution in [0.4, 0.5) is 33.3 Å². The van der Waals surface area contributed by atoms with Gasteiger partial charge in [0.15, 0.2) is 11.6 Å². The lowest BCUT2D eigenvalue weighted by Crippen LogP contribution is -2.47. The van der Waals surface area contributed by atoms with E-state index in [0.29, 0.717) is 71.9 Å². The maximum Gasteiger partial charge on any atom is 0.163 e. The molecule has 0 radical (unpaired) electrons. The normalized spacial score (nSPS) is 12.2. The fraction of sp³-hybridized carbons (Fsp3) is 0.419. The molecule has 2 aromatic carbocycles. The van der Waals surface area contributed by atoms with Crippen LogP contribution in [0.25, 0.3) is 16.5 Å². The molecule has 3 heterocycles. The lowest BCUT2D eigenvalue weighted by atomic mass is 10.2. The summed E-state index contributed by atoms with van der Waals surface area (Å²) in [7, 11) is 5.01. The first-order valence-corrected chi connectivity index (χ1v) is 14.6. The molecule has 0 spiro atoms. The second-order valence-corrected chi connectivity index (χ2v) is 8.44. The molecular formula is C31H47FN8O2. The zero-order chi connectivity index (χ0) is 31.4. The van der Waals surface area contributed by atoms with Gasteiger partial charge in [-0.05, 0) is 24.3 Å². The summed E-state index contributed by atoms with van der Waals surface area (Å²) in [6, 6.07) is 12.3. The molecule has 5 N–H and O–H groups in total. The van der Waals surface area contributed by atoms with Gasteiger partial charge in [-0.2, -0.15) is 0 Å². The Balaban J connectivity index is 0.000000966. The SMILES string of the molecule is CC.CC.CC.CNc1c2c(N3CCN(c4ccccc4F)CC3)nnc(N)c2c(N)n1-c1ccc(OC)cc1OC. The maximum absolute atomic E-state index is 14.3. The van der Waals surface area contributed by atoms with Gasteiger partial charge in [0.2, 0.25) is 0 Å². The molecule has 5 rings (SSSR count). The van der Waals surface area contributed by atoms with E-state index < -0.39 is 0 Å². The smallest absolute Gasteiger partial charge is 0.163 e. The summed E-state index contributed by atoms with van der Waals surface area (Å²) in [5.41, 5.74) is 14.3. The lowest BCUT2D eigenvalue weighted by molar-refractivity contribution is 0.393. The Morgan fingerprint density at radius 1 is 0.786 bits per heavy atom. The number of para-hydroxylation sites is 1. The number of halogens is 1. The van der Waals surface area contributed by atoms with E-state index in [1.165, 1.54) is 6.07 Å². The molecule has 0 bridgehead atoms. The molecule has 1 aliphatic heterocycles. The predicted octanol–water partition coefficient (Wildman–Crippen LogP) is 6.19. The largest absolute Gasteiger partial charge is 0.497 e. The summed E-state index contributed by atoms with van der Waals surface area (Å²) in [6.45, 7) is 14.5. The Morgan fingerprint density at radius 2 is 1.40 bits per heavy atom. The molecule has 1 saturated heterocycles. The van der Waals surface area contributed by atoms with Gasteiger partial charge in [-0.1, -0.05) is 53.7 Å². The predicted molar refractivity (Wildman–Crippen MR) is 175 cm³/mol. The Bertz CT molecular complexity index is 1420. The van der Waals surface area contributed by atoms with Crippen LogP contribution in [0.5, 0.6) is 11.5 Å². The first-order valence-electron chi connectivity index (χ1n) is 14.6. The Hall–Kier alpha value is -4.41. The van der Waals surface area contributed by atoms with Crippen molar-refractivity contribution < 1.29 is 13.9 Å². The zero-order valence-electron chi connectivity index (χ0n) is 26.5. The summed E-state index contributed by atoms with van der Waals surface area (Å²) in [4.78, 5) is 4.16. The molecule has 4 aromatic rings. The first-order chi connectivity index (χ1) is 20.5. The number of nitrogens with zero attached hydrogens (tertiary/aromatic N) is 5. The van der Waals surface area contributed by atoms with Crippen molar-refractivity contribution in [3.8, 4) is 17.2 Å². The van der Waals surface area contributed by atoms with Gasteiger partial charge in [0, 0.05) is 39.3 Å². The van der Waals surface area contributed by atoms with Crippen molar-refractivity contribution in [3.63, 3.8) is 0 Å². The number of aromatic nitrogens is 3. The van der Waals surface area contributed by atoms with Crippen molar-refractivity contribution >= 4 is 39.7 Å². The summed E-state index contributed by atoms with van der Waals surface area (Å²) in [5, 5.41) is 13.3. The number of methoxy groups -OCH3 is 2. The van der Waals surface area contributed by atoms with Crippen LogP contribution in [0, 0.1) is 5.82 Å². The van der Waals surface area contributed by atoms with Crippen molar-refractivity contribution in [2.75, 3.05) is 74.0 Å². The Labute approximate surface area is 249 Å². The monoisotopic (exact) mass is 582 g/mol. The number of nitrogens with one attached hydrogen (secondary N) is 1. The van der Waals surface area contributed by atoms with Crippen LogP contribution in [-0.4, -0.2) is 62.2 Å². The molecule has 1 aliphatic rings. The molecule has 0 atom stereocenters. The summed E-state index contributed by atoms with van der Waals surface area (Å²) < 4.78 is 27.2. The number of fused-ring (bicyclic) bond motifs is 1. The Kier molecular flexibility index (Phi) is 13.0. The second-order valence-electron chi connectivity index (χ2n) is 8.44. The van der Waals surface area contributed by atoms with Gasteiger partial charge < -0.3 is 36.1 Å². The number of benzene rings is 2. The highest BCUT2D eigenvalue weighted by molar-refractivity contribution is 6.13. The third kappa shape index (κ3) is 6.56. The van der Waals surface area contributed by atoms with Crippen molar-refractivity contribution in [2.45, 2.75) is 41.5 Å². The van der Waals surface area contributed by atoms with Crippen LogP contribution in [0.1, 0.15) is 41.5 Å². The van der Waals surface area contributed by atoms with E-state index >= 15 is 0 Å². The number of hydrogen-bond donors (Lipinski definition) is 3. The van der Waals surface area contributed by atoms with Crippen molar-refractivity contribution in [1.82, 2.24) is 14.8 Å². The fourth-order valence-electron chi connectivity index (χ4n) is 4.81. The fourth-order valence-corrected chi connectivity index (χ4v) is 4.81. The lowest BCUT2D eigenvalue weighted by Gasteiger charge is -2.37. The summed E-state index contributed by atoms with van der Waals surface area (Å²) in [5.74, 6) is 3.03. The number of nitrogens with two attached hydrogens (primary N) is 2. The minimum absolute atomic E-state index is 0.226. The van der Waals surface area contributed by atoms with Gasteiger partial charge in [-0.3, -0.25) is 4.57 Å². The molecule has 0 saturated carbocycles. The molecule has 2 aromatic heterocycles. The number of ether oxygens (including phenoxy) is 2. The average Bonchev–Trinajstić information content (AvgIpc) is 3.36. The van der Waals surface area contributed by atoms with Crippen molar-refractivity contribution in [1.29, 1.82) is 0 Å². The van der Waals surface area contributed by atoms with E-state index in [4.69, 9.17) is 20.9 Å². The van der Waals surface area contributed by atoms with Gasteiger partial charge >= 0.3 is 0 Å². The maximum atomic E-state index is 14.3. The molecule has 42 heavy (non-hydrogen) atoms. The highest BCUT2D eigenvalue weighted by Crippen LogP contribution is 2.44. The molecule has 0 amide bonds. The molecule has 11 heteroatoms. The minimum atomic E-state index is -0.226. The third-order valence-electron chi connectivity index (χ3n) is 6.58. The molecule has 230 valence electrons. The van der Waals surface area contributed by atoms with Crippen LogP contribution < -0.4 is 36.1 Å². The van der Waals surface area contributed by atoms with E-state index in [1.54, 1.807) is 32.4 Å². The van der Waals surface area contributed by atoms with Crippen LogP contribution >= 0.6 is 0 Å². The topological polar surface area (TPSA) is 120 Å². The Morgan fingerprint density at radius 3 is 1.98 bits per heavy atom. The van der Waals surface area contributed by atoms with Gasteiger partial charge in [0.25, 0.3) is 0 Å². The van der Waals surface area contributed by atoms with Gasteiger partial charge in [0.05, 0.1) is 36.4 Å². The van der Waals surface area contributed by atoms with E-state index in [9.17, 15) is 4.39 Å². The van der Waals surface area contributed by atoms with E-state index in [0.717, 1.165) is 5.39 Å². The number of anilines is 5. The summed E-state index contributed by atoms with van der Waals surface area (Å²) >= 11 is 0. The van der Waals surface area contributed by atoms with E-state index in [1.807, 2.05) is 76.3 Å². The minimum Gasteiger partial charge on any atom is -0.497 e. The zero-order valence-corrected chi connectivity index (χ0v) is 26.5. The first kappa shape index (κ1) is 33.8. The van der Waals surface area contributed by atoms with Gasteiger partial charge in [-0.15, -0.1) is 10.2 Å². The number of hydrogen-bond acceptors (Lipinski definition) is 9. The van der Waals surface area contributed by atoms with Crippen molar-refractivity contribution in [3.05, 3.63) is 48.3 Å². The van der Waals surface area contributed by atoms with Crippen LogP contribution in [0.2, 0.25) is 0 Å². The van der Waals surface area contributed by atoms with E-state index in [2.05, 4.69) is 20.4 Å². The molecule has 0 aliphatic carbocycles. The van der Waals surface area contributed by atoms with Gasteiger partial charge in [0.1, 0.15) is 29.0 Å². The number of nitrogen functional groups attached to an aromatic ring is 2. The average molecular weight is 583 g/mol. The quantitative estimate of drug-likeness (QED) is 0.244. The number of rotatable bonds is 6. The molecule has 10 nitrogen and oxygen atoms in total. The molecule has 1 fully saturated rings. The van der Waals surface area contributed by atoms with Gasteiger partial charge in [-0.25, -0.2) is 4.39 Å². The highest BCUT2D eigenvalue weighted by atomic mass is 19.1. The van der Waals surface area contributed by atoms with E-state index in [-0.39, 0.29) is 11.6 Å².